The Labute approximate surface area is 198 Å². The van der Waals surface area contributed by atoms with Crippen LogP contribution in [0.15, 0.2) is 0 Å². The van der Waals surface area contributed by atoms with Crippen LogP contribution in [0.4, 0.5) is 74.6 Å². The van der Waals surface area contributed by atoms with Crippen molar-refractivity contribution >= 4 is 8.80 Å². The zero-order valence-corrected chi connectivity index (χ0v) is 19.3. The molecule has 0 aliphatic rings. The SMILES string of the molecule is CCCCCCCC(F)(F)C(F)(F)C(F)(F)[Si](OCCF)(OC(F)(F)C(F)(F)F)OC(F)(F)C(F)(F)F. The van der Waals surface area contributed by atoms with Crippen LogP contribution in [-0.4, -0.2) is 64.0 Å². The van der Waals surface area contributed by atoms with E-state index < -0.39 is 76.9 Å². The zero-order chi connectivity index (χ0) is 29.8. The van der Waals surface area contributed by atoms with Crippen molar-refractivity contribution in [2.24, 2.45) is 0 Å². The molecule has 3 nitrogen and oxygen atoms in total. The Morgan fingerprint density at radius 3 is 1.35 bits per heavy atom. The zero-order valence-electron chi connectivity index (χ0n) is 18.3. The summed E-state index contributed by atoms with van der Waals surface area (Å²) in [6.07, 6.45) is -31.9. The van der Waals surface area contributed by atoms with Gasteiger partial charge in [0.05, 0.1) is 6.61 Å². The molecule has 0 aromatic carbocycles. The van der Waals surface area contributed by atoms with Gasteiger partial charge < -0.3 is 13.3 Å². The molecule has 0 saturated carbocycles. The first-order chi connectivity index (χ1) is 16.3. The lowest BCUT2D eigenvalue weighted by Crippen LogP contribution is -2.76. The fourth-order valence-electron chi connectivity index (χ4n) is 2.45. The molecule has 0 aromatic rings. The van der Waals surface area contributed by atoms with Crippen LogP contribution in [0, 0.1) is 0 Å². The van der Waals surface area contributed by atoms with E-state index in [2.05, 4.69) is 13.3 Å². The van der Waals surface area contributed by atoms with Gasteiger partial charge in [-0.3, -0.25) is 0 Å². The molecular formula is C16H19F17O3Si. The van der Waals surface area contributed by atoms with Crippen LogP contribution in [0.2, 0.25) is 0 Å². The van der Waals surface area contributed by atoms with Crippen molar-refractivity contribution in [2.75, 3.05) is 13.3 Å². The third-order valence-corrected chi connectivity index (χ3v) is 7.10. The van der Waals surface area contributed by atoms with E-state index in [4.69, 9.17) is 0 Å². The lowest BCUT2D eigenvalue weighted by molar-refractivity contribution is -0.412. The highest BCUT2D eigenvalue weighted by Gasteiger charge is 2.88. The first-order valence-electron chi connectivity index (χ1n) is 9.91. The van der Waals surface area contributed by atoms with Crippen molar-refractivity contribution in [3.63, 3.8) is 0 Å². The van der Waals surface area contributed by atoms with E-state index in [0.717, 1.165) is 0 Å². The average molecular weight is 610 g/mol. The number of alkyl halides is 17. The van der Waals surface area contributed by atoms with Crippen LogP contribution in [0.25, 0.3) is 0 Å². The minimum atomic E-state index is -9.08. The van der Waals surface area contributed by atoms with Crippen LogP contribution < -0.4 is 0 Å². The summed E-state index contributed by atoms with van der Waals surface area (Å²) in [5, 5.41) is 0. The predicted molar refractivity (Wildman–Crippen MR) is 90.1 cm³/mol. The van der Waals surface area contributed by atoms with Crippen molar-refractivity contribution in [2.45, 2.75) is 87.4 Å². The van der Waals surface area contributed by atoms with Crippen molar-refractivity contribution < 1.29 is 87.9 Å². The monoisotopic (exact) mass is 610 g/mol. The van der Waals surface area contributed by atoms with Gasteiger partial charge in [-0.15, -0.1) is 0 Å². The maximum absolute atomic E-state index is 14.7. The fourth-order valence-corrected chi connectivity index (χ4v) is 4.87. The molecule has 0 spiro atoms. The van der Waals surface area contributed by atoms with E-state index in [1.165, 1.54) is 0 Å². The minimum absolute atomic E-state index is 0.0781. The number of rotatable bonds is 16. The molecule has 0 fully saturated rings. The maximum atomic E-state index is 14.7. The molecule has 0 amide bonds. The number of hydrogen-bond donors (Lipinski definition) is 0. The van der Waals surface area contributed by atoms with E-state index in [-0.39, 0.29) is 12.8 Å². The number of halogens is 17. The highest BCUT2D eigenvalue weighted by atomic mass is 28.4. The molecule has 0 rings (SSSR count). The van der Waals surface area contributed by atoms with Gasteiger partial charge >= 0.3 is 50.8 Å². The average Bonchev–Trinajstić information content (AvgIpc) is 2.69. The summed E-state index contributed by atoms with van der Waals surface area (Å²) in [6, 6.07) is 0. The molecule has 0 aromatic heterocycles. The molecule has 0 saturated heterocycles. The van der Waals surface area contributed by atoms with Crippen molar-refractivity contribution in [3.8, 4) is 0 Å². The van der Waals surface area contributed by atoms with E-state index in [1.54, 1.807) is 6.92 Å². The van der Waals surface area contributed by atoms with Gasteiger partial charge in [0.1, 0.15) is 6.67 Å². The summed E-state index contributed by atoms with van der Waals surface area (Å²) in [5.74, 6) is -13.4. The van der Waals surface area contributed by atoms with E-state index in [0.29, 0.717) is 12.8 Å². The Morgan fingerprint density at radius 1 is 0.595 bits per heavy atom. The van der Waals surface area contributed by atoms with Gasteiger partial charge in [-0.1, -0.05) is 32.6 Å². The molecular weight excluding hydrogens is 591 g/mol. The third kappa shape index (κ3) is 7.96. The predicted octanol–water partition coefficient (Wildman–Crippen LogP) is 8.06. The number of hydrogen-bond acceptors (Lipinski definition) is 3. The standard InChI is InChI=1S/C16H19F17O3Si/c1-2-3-4-5-6-7-10(18,19)11(20,21)16(32,33)37(34-9-8-17,35-14(28,29)12(22,23)24)36-15(30,31)13(25,26)27/h2-9H2,1H3. The van der Waals surface area contributed by atoms with Crippen molar-refractivity contribution in [1.82, 2.24) is 0 Å². The Bertz CT molecular complexity index is 680. The van der Waals surface area contributed by atoms with Crippen LogP contribution >= 0.6 is 0 Å². The van der Waals surface area contributed by atoms with Gasteiger partial charge in [0.2, 0.25) is 0 Å². The van der Waals surface area contributed by atoms with Gasteiger partial charge in [-0.25, -0.2) is 4.39 Å². The Hall–Kier alpha value is -1.09. The maximum Gasteiger partial charge on any atom is 0.591 e. The van der Waals surface area contributed by atoms with E-state index in [1.807, 2.05) is 0 Å². The van der Waals surface area contributed by atoms with Crippen LogP contribution in [0.1, 0.15) is 45.4 Å². The first-order valence-corrected chi connectivity index (χ1v) is 11.6. The summed E-state index contributed by atoms with van der Waals surface area (Å²) >= 11 is 0. The molecule has 0 bridgehead atoms. The molecule has 0 unspecified atom stereocenters. The molecule has 37 heavy (non-hydrogen) atoms. The minimum Gasteiger partial charge on any atom is -0.367 e. The molecule has 0 radical (unpaired) electrons. The topological polar surface area (TPSA) is 27.7 Å². The summed E-state index contributed by atoms with van der Waals surface area (Å²) in [6.45, 7) is -3.26. The molecule has 0 aliphatic heterocycles. The van der Waals surface area contributed by atoms with Crippen molar-refractivity contribution in [1.29, 1.82) is 0 Å². The fraction of sp³-hybridized carbons (Fsp3) is 1.00. The van der Waals surface area contributed by atoms with Crippen LogP contribution in [-0.2, 0) is 13.3 Å². The molecule has 0 heterocycles. The van der Waals surface area contributed by atoms with Crippen molar-refractivity contribution in [3.05, 3.63) is 0 Å². The summed E-state index contributed by atoms with van der Waals surface area (Å²) in [4.78, 5) is 0. The molecule has 0 aliphatic carbocycles. The molecule has 224 valence electrons. The largest absolute Gasteiger partial charge is 0.591 e. The first kappa shape index (κ1) is 35.9. The molecule has 0 N–H and O–H groups in total. The Morgan fingerprint density at radius 2 is 1.00 bits per heavy atom. The highest BCUT2D eigenvalue weighted by Crippen LogP contribution is 2.56. The second-order valence-corrected chi connectivity index (χ2v) is 9.78. The lowest BCUT2D eigenvalue weighted by atomic mass is 10.0. The van der Waals surface area contributed by atoms with Gasteiger partial charge in [0.25, 0.3) is 0 Å². The second-order valence-electron chi connectivity index (χ2n) is 7.34. The Balaban J connectivity index is 6.94. The quantitative estimate of drug-likeness (QED) is 0.101. The van der Waals surface area contributed by atoms with Gasteiger partial charge in [-0.05, 0) is 6.42 Å². The normalized spacial score (nSPS) is 15.4. The smallest absolute Gasteiger partial charge is 0.367 e. The van der Waals surface area contributed by atoms with E-state index in [9.17, 15) is 74.6 Å². The summed E-state index contributed by atoms with van der Waals surface area (Å²) < 4.78 is 235. The van der Waals surface area contributed by atoms with Gasteiger partial charge in [0, 0.05) is 6.42 Å². The van der Waals surface area contributed by atoms with Gasteiger partial charge in [0.15, 0.2) is 0 Å². The second kappa shape index (κ2) is 12.0. The highest BCUT2D eigenvalue weighted by molar-refractivity contribution is 6.64. The molecule has 21 heteroatoms. The lowest BCUT2D eigenvalue weighted by Gasteiger charge is -2.43. The van der Waals surface area contributed by atoms with Crippen LogP contribution in [0.5, 0.6) is 0 Å². The third-order valence-electron chi connectivity index (χ3n) is 4.39. The molecule has 0 atom stereocenters. The Kier molecular flexibility index (Phi) is 11.6. The van der Waals surface area contributed by atoms with Gasteiger partial charge in [-0.2, -0.15) is 70.2 Å². The summed E-state index contributed by atoms with van der Waals surface area (Å²) in [7, 11) is -9.08. The summed E-state index contributed by atoms with van der Waals surface area (Å²) in [5.41, 5.74) is -7.55. The van der Waals surface area contributed by atoms with Crippen LogP contribution in [0.3, 0.4) is 0 Å². The van der Waals surface area contributed by atoms with E-state index >= 15 is 0 Å². The number of unbranched alkanes of at least 4 members (excludes halogenated alkanes) is 4.